The Morgan fingerprint density at radius 3 is 2.37 bits per heavy atom. The van der Waals surface area contributed by atoms with E-state index in [-0.39, 0.29) is 11.9 Å². The molecular formula is C32H33ClN4O4. The highest BCUT2D eigenvalue weighted by atomic mass is 35.5. The molecule has 0 spiro atoms. The van der Waals surface area contributed by atoms with Gasteiger partial charge in [-0.15, -0.1) is 0 Å². The van der Waals surface area contributed by atoms with Gasteiger partial charge in [0.1, 0.15) is 23.8 Å². The molecule has 8 nitrogen and oxygen atoms in total. The number of H-pyrrole nitrogens is 1. The van der Waals surface area contributed by atoms with Crippen LogP contribution in [0, 0.1) is 0 Å². The SMILES string of the molecule is COc1ccc(-c2n[nH]c3c2C(c2ccc(OCc4ccc(Cl)cc4)cc2)N(CCCN2CCOCC2)C3=O)cc1. The van der Waals surface area contributed by atoms with E-state index in [9.17, 15) is 4.79 Å². The van der Waals surface area contributed by atoms with E-state index >= 15 is 0 Å². The number of benzene rings is 3. The fourth-order valence-corrected chi connectivity index (χ4v) is 5.65. The number of ether oxygens (including phenoxy) is 3. The van der Waals surface area contributed by atoms with Crippen molar-refractivity contribution >= 4 is 17.5 Å². The van der Waals surface area contributed by atoms with Gasteiger partial charge in [-0.1, -0.05) is 35.9 Å². The molecule has 0 aliphatic carbocycles. The first-order valence-corrected chi connectivity index (χ1v) is 14.3. The van der Waals surface area contributed by atoms with Crippen molar-refractivity contribution in [3.63, 3.8) is 0 Å². The van der Waals surface area contributed by atoms with Crippen LogP contribution in [0.15, 0.2) is 72.8 Å². The van der Waals surface area contributed by atoms with E-state index in [0.717, 1.165) is 78.7 Å². The van der Waals surface area contributed by atoms with Crippen molar-refractivity contribution in [1.82, 2.24) is 20.0 Å². The zero-order valence-electron chi connectivity index (χ0n) is 23.0. The molecule has 1 atom stereocenters. The Morgan fingerprint density at radius 2 is 1.66 bits per heavy atom. The Balaban J connectivity index is 1.26. The summed E-state index contributed by atoms with van der Waals surface area (Å²) in [5.41, 5.74) is 5.22. The Hall–Kier alpha value is -3.85. The van der Waals surface area contributed by atoms with Gasteiger partial charge in [-0.3, -0.25) is 14.8 Å². The average Bonchev–Trinajstić information content (AvgIpc) is 3.56. The van der Waals surface area contributed by atoms with E-state index < -0.39 is 0 Å². The smallest absolute Gasteiger partial charge is 0.273 e. The molecule has 2 aliphatic heterocycles. The molecular weight excluding hydrogens is 540 g/mol. The van der Waals surface area contributed by atoms with Crippen LogP contribution in [0.5, 0.6) is 11.5 Å². The Morgan fingerprint density at radius 1 is 0.951 bits per heavy atom. The van der Waals surface area contributed by atoms with Crippen LogP contribution in [0.1, 0.15) is 39.6 Å². The van der Waals surface area contributed by atoms with Gasteiger partial charge in [0.2, 0.25) is 0 Å². The Bertz CT molecular complexity index is 1470. The number of aromatic amines is 1. The normalized spacial score (nSPS) is 17.1. The monoisotopic (exact) mass is 572 g/mol. The molecule has 4 aromatic rings. The lowest BCUT2D eigenvalue weighted by molar-refractivity contribution is 0.0354. The number of carbonyl (C=O) groups is 1. The number of carbonyl (C=O) groups excluding carboxylic acids is 1. The highest BCUT2D eigenvalue weighted by Gasteiger charge is 2.42. The molecule has 6 rings (SSSR count). The third-order valence-electron chi connectivity index (χ3n) is 7.72. The van der Waals surface area contributed by atoms with Gasteiger partial charge in [0, 0.05) is 42.3 Å². The largest absolute Gasteiger partial charge is 0.497 e. The topological polar surface area (TPSA) is 79.9 Å². The molecule has 1 saturated heterocycles. The predicted octanol–water partition coefficient (Wildman–Crippen LogP) is 5.59. The van der Waals surface area contributed by atoms with Gasteiger partial charge in [-0.2, -0.15) is 5.10 Å². The minimum atomic E-state index is -0.261. The van der Waals surface area contributed by atoms with Crippen LogP contribution >= 0.6 is 11.6 Å². The van der Waals surface area contributed by atoms with Crippen LogP contribution in [0.4, 0.5) is 0 Å². The molecule has 3 heterocycles. The Kier molecular flexibility index (Phi) is 8.23. The summed E-state index contributed by atoms with van der Waals surface area (Å²) in [5.74, 6) is 1.50. The summed E-state index contributed by atoms with van der Waals surface area (Å²) in [7, 11) is 1.65. The summed E-state index contributed by atoms with van der Waals surface area (Å²) in [6.07, 6.45) is 0.875. The lowest BCUT2D eigenvalue weighted by atomic mass is 9.96. The first kappa shape index (κ1) is 27.3. The van der Waals surface area contributed by atoms with Gasteiger partial charge < -0.3 is 19.1 Å². The molecule has 1 fully saturated rings. The van der Waals surface area contributed by atoms with E-state index in [2.05, 4.69) is 15.1 Å². The van der Waals surface area contributed by atoms with E-state index in [4.69, 9.17) is 25.8 Å². The van der Waals surface area contributed by atoms with Crippen molar-refractivity contribution in [3.8, 4) is 22.8 Å². The molecule has 1 N–H and O–H groups in total. The fraction of sp³-hybridized carbons (Fsp3) is 0.312. The highest BCUT2D eigenvalue weighted by Crippen LogP contribution is 2.43. The van der Waals surface area contributed by atoms with Gasteiger partial charge in [0.05, 0.1) is 32.1 Å². The fourth-order valence-electron chi connectivity index (χ4n) is 5.53. The lowest BCUT2D eigenvalue weighted by Crippen LogP contribution is -2.38. The second-order valence-corrected chi connectivity index (χ2v) is 10.7. The van der Waals surface area contributed by atoms with Crippen LogP contribution in [-0.2, 0) is 11.3 Å². The molecule has 212 valence electrons. The standard InChI is InChI=1S/C32H33ClN4O4/c1-39-26-11-5-23(6-12-26)29-28-30(35-34-29)32(38)37(16-2-15-36-17-19-40-20-18-36)31(28)24-7-13-27(14-8-24)41-21-22-3-9-25(33)10-4-22/h3-14,31H,2,15-21H2,1H3,(H,34,35). The van der Waals surface area contributed by atoms with E-state index in [1.54, 1.807) is 7.11 Å². The van der Waals surface area contributed by atoms with Gasteiger partial charge in [0.15, 0.2) is 0 Å². The van der Waals surface area contributed by atoms with Crippen molar-refractivity contribution in [2.75, 3.05) is 46.5 Å². The van der Waals surface area contributed by atoms with Crippen molar-refractivity contribution in [1.29, 1.82) is 0 Å². The van der Waals surface area contributed by atoms with Crippen molar-refractivity contribution < 1.29 is 19.0 Å². The number of halogens is 1. The number of hydrogen-bond donors (Lipinski definition) is 1. The number of morpholine rings is 1. The summed E-state index contributed by atoms with van der Waals surface area (Å²) in [4.78, 5) is 18.1. The quantitative estimate of drug-likeness (QED) is 0.267. The Labute approximate surface area is 244 Å². The summed E-state index contributed by atoms with van der Waals surface area (Å²) in [6.45, 7) is 5.39. The minimum Gasteiger partial charge on any atom is -0.497 e. The minimum absolute atomic E-state index is 0.0256. The van der Waals surface area contributed by atoms with Crippen LogP contribution in [0.2, 0.25) is 5.02 Å². The van der Waals surface area contributed by atoms with E-state index in [1.165, 1.54) is 0 Å². The zero-order valence-corrected chi connectivity index (χ0v) is 23.8. The molecule has 9 heteroatoms. The molecule has 2 aliphatic rings. The van der Waals surface area contributed by atoms with Crippen molar-refractivity contribution in [3.05, 3.63) is 100 Å². The average molecular weight is 573 g/mol. The lowest BCUT2D eigenvalue weighted by Gasteiger charge is -2.29. The first-order valence-electron chi connectivity index (χ1n) is 13.9. The second kappa shape index (κ2) is 12.3. The molecule has 1 amide bonds. The third-order valence-corrected chi connectivity index (χ3v) is 7.97. The van der Waals surface area contributed by atoms with Crippen LogP contribution < -0.4 is 9.47 Å². The predicted molar refractivity (Wildman–Crippen MR) is 158 cm³/mol. The van der Waals surface area contributed by atoms with Gasteiger partial charge >= 0.3 is 0 Å². The first-order chi connectivity index (χ1) is 20.1. The summed E-state index contributed by atoms with van der Waals surface area (Å²) in [5, 5.41) is 8.35. The molecule has 0 radical (unpaired) electrons. The zero-order chi connectivity index (χ0) is 28.2. The molecule has 1 unspecified atom stereocenters. The van der Waals surface area contributed by atoms with Gasteiger partial charge in [-0.05, 0) is 66.1 Å². The van der Waals surface area contributed by atoms with E-state index in [1.807, 2.05) is 77.7 Å². The molecule has 3 aromatic carbocycles. The summed E-state index contributed by atoms with van der Waals surface area (Å²) < 4.78 is 16.9. The van der Waals surface area contributed by atoms with Crippen LogP contribution in [0.25, 0.3) is 11.3 Å². The van der Waals surface area contributed by atoms with Crippen LogP contribution in [-0.4, -0.2) is 72.4 Å². The number of methoxy groups -OCH3 is 1. The van der Waals surface area contributed by atoms with Crippen molar-refractivity contribution in [2.45, 2.75) is 19.1 Å². The van der Waals surface area contributed by atoms with Crippen LogP contribution in [0.3, 0.4) is 0 Å². The molecule has 1 aromatic heterocycles. The van der Waals surface area contributed by atoms with Gasteiger partial charge in [-0.25, -0.2) is 0 Å². The number of hydrogen-bond acceptors (Lipinski definition) is 6. The maximum absolute atomic E-state index is 13.7. The summed E-state index contributed by atoms with van der Waals surface area (Å²) >= 11 is 6.00. The number of nitrogens with one attached hydrogen (secondary N) is 1. The maximum atomic E-state index is 13.7. The highest BCUT2D eigenvalue weighted by molar-refractivity contribution is 6.30. The number of fused-ring (bicyclic) bond motifs is 1. The maximum Gasteiger partial charge on any atom is 0.273 e. The summed E-state index contributed by atoms with van der Waals surface area (Å²) in [6, 6.07) is 23.2. The number of aromatic nitrogens is 2. The molecule has 0 saturated carbocycles. The molecule has 41 heavy (non-hydrogen) atoms. The number of rotatable bonds is 10. The number of amides is 1. The second-order valence-electron chi connectivity index (χ2n) is 10.3. The van der Waals surface area contributed by atoms with E-state index in [0.29, 0.717) is 23.9 Å². The van der Waals surface area contributed by atoms with Crippen molar-refractivity contribution in [2.24, 2.45) is 0 Å². The molecule has 0 bridgehead atoms. The third kappa shape index (κ3) is 5.95. The van der Waals surface area contributed by atoms with Gasteiger partial charge in [0.25, 0.3) is 5.91 Å². The number of nitrogens with zero attached hydrogens (tertiary/aromatic N) is 3.